The first-order chi connectivity index (χ1) is 12.0. The molecule has 1 aromatic carbocycles. The lowest BCUT2D eigenvalue weighted by Crippen LogP contribution is -2.45. The van der Waals surface area contributed by atoms with E-state index in [9.17, 15) is 4.79 Å². The highest BCUT2D eigenvalue weighted by molar-refractivity contribution is 6.30. The number of guanidine groups is 1. The first-order valence-electron chi connectivity index (χ1n) is 8.36. The topological polar surface area (TPSA) is 60.0 Å². The summed E-state index contributed by atoms with van der Waals surface area (Å²) in [5.74, 6) is 0.604. The monoisotopic (exact) mass is 363 g/mol. The first kappa shape index (κ1) is 19.1. The average Bonchev–Trinajstić information content (AvgIpc) is 3.06. The number of nitrogens with one attached hydrogen (secondary N) is 2. The molecule has 0 aliphatic carbocycles. The number of benzene rings is 1. The van der Waals surface area contributed by atoms with Gasteiger partial charge in [-0.3, -0.25) is 4.79 Å². The van der Waals surface area contributed by atoms with E-state index in [1.165, 1.54) is 4.90 Å². The van der Waals surface area contributed by atoms with E-state index in [4.69, 9.17) is 11.6 Å². The fourth-order valence-electron chi connectivity index (χ4n) is 2.57. The maximum absolute atomic E-state index is 11.7. The molecule has 1 heterocycles. The molecule has 2 rings (SSSR count). The molecule has 0 bridgehead atoms. The molecule has 1 saturated heterocycles. The van der Waals surface area contributed by atoms with Gasteiger partial charge in [-0.2, -0.15) is 0 Å². The zero-order valence-corrected chi connectivity index (χ0v) is 15.6. The van der Waals surface area contributed by atoms with E-state index in [1.807, 2.05) is 24.3 Å². The van der Waals surface area contributed by atoms with Gasteiger partial charge in [0.2, 0.25) is 5.91 Å². The van der Waals surface area contributed by atoms with Gasteiger partial charge in [-0.15, -0.1) is 6.58 Å². The number of hydrogen-bond acceptors (Lipinski definition) is 3. The Morgan fingerprint density at radius 1 is 1.44 bits per heavy atom. The van der Waals surface area contributed by atoms with Crippen LogP contribution in [0, 0.1) is 0 Å². The molecule has 1 unspecified atom stereocenters. The van der Waals surface area contributed by atoms with Crippen molar-refractivity contribution in [2.45, 2.75) is 12.5 Å². The van der Waals surface area contributed by atoms with Gasteiger partial charge in [0, 0.05) is 50.5 Å². The summed E-state index contributed by atoms with van der Waals surface area (Å²) >= 11 is 5.95. The van der Waals surface area contributed by atoms with E-state index >= 15 is 0 Å². The Labute approximate surface area is 154 Å². The Morgan fingerprint density at radius 3 is 2.80 bits per heavy atom. The SMILES string of the molecule is C=CCNC(=NCC(=O)N(C)C)NC1CCN(c2ccc(Cl)cc2)C1. The van der Waals surface area contributed by atoms with Crippen molar-refractivity contribution in [2.75, 3.05) is 45.2 Å². The van der Waals surface area contributed by atoms with Crippen LogP contribution >= 0.6 is 11.6 Å². The van der Waals surface area contributed by atoms with Crippen LogP contribution in [0.2, 0.25) is 5.02 Å². The van der Waals surface area contributed by atoms with E-state index in [1.54, 1.807) is 20.2 Å². The Bertz CT molecular complexity index is 614. The van der Waals surface area contributed by atoms with Gasteiger partial charge in [0.05, 0.1) is 0 Å². The molecule has 6 nitrogen and oxygen atoms in total. The summed E-state index contributed by atoms with van der Waals surface area (Å²) in [4.78, 5) is 20.0. The number of aliphatic imine (C=N–C) groups is 1. The zero-order valence-electron chi connectivity index (χ0n) is 14.8. The normalized spacial score (nSPS) is 17.3. The predicted octanol–water partition coefficient (Wildman–Crippen LogP) is 1.73. The summed E-state index contributed by atoms with van der Waals surface area (Å²) in [5, 5.41) is 7.32. The fraction of sp³-hybridized carbons (Fsp3) is 0.444. The zero-order chi connectivity index (χ0) is 18.2. The fourth-order valence-corrected chi connectivity index (χ4v) is 2.69. The van der Waals surface area contributed by atoms with Crippen LogP contribution in [0.25, 0.3) is 0 Å². The van der Waals surface area contributed by atoms with E-state index in [2.05, 4.69) is 27.1 Å². The second-order valence-electron chi connectivity index (χ2n) is 6.17. The average molecular weight is 364 g/mol. The third-order valence-electron chi connectivity index (χ3n) is 4.01. The Morgan fingerprint density at radius 2 is 2.16 bits per heavy atom. The molecule has 0 saturated carbocycles. The van der Waals surface area contributed by atoms with Gasteiger partial charge in [-0.05, 0) is 30.7 Å². The number of amides is 1. The van der Waals surface area contributed by atoms with Gasteiger partial charge < -0.3 is 20.4 Å². The molecule has 1 fully saturated rings. The smallest absolute Gasteiger partial charge is 0.243 e. The van der Waals surface area contributed by atoms with Gasteiger partial charge in [0.15, 0.2) is 5.96 Å². The standard InChI is InChI=1S/C18H26ClN5O/c1-4-10-20-18(21-12-17(25)23(2)3)22-15-9-11-24(13-15)16-7-5-14(19)6-8-16/h4-8,15H,1,9-13H2,2-3H3,(H2,20,21,22). The van der Waals surface area contributed by atoms with Crippen molar-refractivity contribution in [1.29, 1.82) is 0 Å². The molecule has 25 heavy (non-hydrogen) atoms. The van der Waals surface area contributed by atoms with E-state index in [0.717, 1.165) is 30.2 Å². The van der Waals surface area contributed by atoms with Crippen LogP contribution in [0.15, 0.2) is 41.9 Å². The molecule has 1 atom stereocenters. The Hall–Kier alpha value is -2.21. The quantitative estimate of drug-likeness (QED) is 0.459. The predicted molar refractivity (Wildman–Crippen MR) is 104 cm³/mol. The number of likely N-dealkylation sites (N-methyl/N-ethyl adjacent to an activating group) is 1. The minimum absolute atomic E-state index is 0.0334. The molecule has 1 aromatic rings. The van der Waals surface area contributed by atoms with Crippen LogP contribution in [0.5, 0.6) is 0 Å². The molecular weight excluding hydrogens is 338 g/mol. The third kappa shape index (κ3) is 5.98. The van der Waals surface area contributed by atoms with Crippen LogP contribution in [-0.4, -0.2) is 63.1 Å². The highest BCUT2D eigenvalue weighted by Gasteiger charge is 2.23. The van der Waals surface area contributed by atoms with Crippen LogP contribution in [0.4, 0.5) is 5.69 Å². The molecular formula is C18H26ClN5O. The van der Waals surface area contributed by atoms with E-state index in [0.29, 0.717) is 12.5 Å². The number of anilines is 1. The second kappa shape index (κ2) is 9.32. The maximum Gasteiger partial charge on any atom is 0.243 e. The lowest BCUT2D eigenvalue weighted by atomic mass is 10.2. The van der Waals surface area contributed by atoms with E-state index < -0.39 is 0 Å². The summed E-state index contributed by atoms with van der Waals surface area (Å²) in [7, 11) is 3.45. The van der Waals surface area contributed by atoms with Gasteiger partial charge in [-0.25, -0.2) is 4.99 Å². The van der Waals surface area contributed by atoms with Gasteiger partial charge in [0.1, 0.15) is 6.54 Å². The highest BCUT2D eigenvalue weighted by Crippen LogP contribution is 2.22. The summed E-state index contributed by atoms with van der Waals surface area (Å²) in [5.41, 5.74) is 1.16. The van der Waals surface area contributed by atoms with Crippen LogP contribution in [0.3, 0.4) is 0 Å². The lowest BCUT2D eigenvalue weighted by Gasteiger charge is -2.20. The Balaban J connectivity index is 1.94. The molecule has 0 spiro atoms. The largest absolute Gasteiger partial charge is 0.369 e. The van der Waals surface area contributed by atoms with Crippen molar-refractivity contribution in [3.63, 3.8) is 0 Å². The Kier molecular flexibility index (Phi) is 7.13. The van der Waals surface area contributed by atoms with E-state index in [-0.39, 0.29) is 18.5 Å². The van der Waals surface area contributed by atoms with Gasteiger partial charge in [-0.1, -0.05) is 17.7 Å². The van der Waals surface area contributed by atoms with Crippen molar-refractivity contribution in [3.8, 4) is 0 Å². The number of rotatable bonds is 6. The minimum Gasteiger partial charge on any atom is -0.369 e. The first-order valence-corrected chi connectivity index (χ1v) is 8.74. The molecule has 136 valence electrons. The van der Waals surface area contributed by atoms with Crippen molar-refractivity contribution in [3.05, 3.63) is 41.9 Å². The van der Waals surface area contributed by atoms with Crippen molar-refractivity contribution in [1.82, 2.24) is 15.5 Å². The highest BCUT2D eigenvalue weighted by atomic mass is 35.5. The molecule has 0 radical (unpaired) electrons. The number of hydrogen-bond donors (Lipinski definition) is 2. The van der Waals surface area contributed by atoms with Gasteiger partial charge in [0.25, 0.3) is 0 Å². The summed E-state index contributed by atoms with van der Waals surface area (Å²) in [6.07, 6.45) is 2.76. The molecule has 1 amide bonds. The minimum atomic E-state index is -0.0334. The summed E-state index contributed by atoms with van der Waals surface area (Å²) < 4.78 is 0. The molecule has 1 aliphatic rings. The third-order valence-corrected chi connectivity index (χ3v) is 4.26. The van der Waals surface area contributed by atoms with Crippen LogP contribution < -0.4 is 15.5 Å². The van der Waals surface area contributed by atoms with Crippen LogP contribution in [0.1, 0.15) is 6.42 Å². The number of carbonyl (C=O) groups is 1. The summed E-state index contributed by atoms with van der Waals surface area (Å²) in [6, 6.07) is 8.14. The van der Waals surface area contributed by atoms with Crippen LogP contribution in [-0.2, 0) is 4.79 Å². The number of halogens is 1. The summed E-state index contributed by atoms with van der Waals surface area (Å²) in [6.45, 7) is 6.25. The number of carbonyl (C=O) groups excluding carboxylic acids is 1. The second-order valence-corrected chi connectivity index (χ2v) is 6.61. The molecule has 1 aliphatic heterocycles. The molecule has 7 heteroatoms. The molecule has 0 aromatic heterocycles. The van der Waals surface area contributed by atoms with Crippen molar-refractivity contribution in [2.24, 2.45) is 4.99 Å². The van der Waals surface area contributed by atoms with Crippen molar-refractivity contribution < 1.29 is 4.79 Å². The van der Waals surface area contributed by atoms with Gasteiger partial charge >= 0.3 is 0 Å². The number of nitrogens with zero attached hydrogens (tertiary/aromatic N) is 3. The lowest BCUT2D eigenvalue weighted by molar-refractivity contribution is -0.127. The maximum atomic E-state index is 11.7. The van der Waals surface area contributed by atoms with Crippen molar-refractivity contribution >= 4 is 29.2 Å². The molecule has 2 N–H and O–H groups in total.